The molecule has 2 aromatic heterocycles. The number of aliphatic hydroxyl groups excluding tert-OH is 1. The third-order valence-electron chi connectivity index (χ3n) is 7.47. The third-order valence-corrected chi connectivity index (χ3v) is 8.33. The van der Waals surface area contributed by atoms with Gasteiger partial charge in [-0.3, -0.25) is 14.5 Å². The molecule has 2 aromatic rings. The second-order valence-electron chi connectivity index (χ2n) is 9.83. The summed E-state index contributed by atoms with van der Waals surface area (Å²) in [5.41, 5.74) is 3.28. The number of aliphatic hydroxyl groups is 1. The SMILES string of the molecule is CC1=C2[C@@H](CC/C(C)=C/c3ccc(CO)o3)OB(O)C[C@@H]2[C@@H]2C(=O)N(Cc3cccs3)C(=O)[C@@H]2C1. The van der Waals surface area contributed by atoms with Gasteiger partial charge in [-0.15, -0.1) is 11.3 Å². The highest BCUT2D eigenvalue weighted by atomic mass is 32.1. The smallest absolute Gasteiger partial charge is 0.455 e. The van der Waals surface area contributed by atoms with Crippen LogP contribution in [0, 0.1) is 17.8 Å². The maximum Gasteiger partial charge on any atom is 0.455 e. The molecule has 1 aliphatic carbocycles. The fourth-order valence-electron chi connectivity index (χ4n) is 5.93. The van der Waals surface area contributed by atoms with E-state index in [0.29, 0.717) is 37.2 Å². The summed E-state index contributed by atoms with van der Waals surface area (Å²) in [6.45, 7) is 4.23. The van der Waals surface area contributed by atoms with Crippen LogP contribution in [0.3, 0.4) is 0 Å². The number of allylic oxidation sites excluding steroid dienone is 2. The van der Waals surface area contributed by atoms with E-state index in [9.17, 15) is 19.7 Å². The maximum atomic E-state index is 13.5. The number of thiophene rings is 1. The van der Waals surface area contributed by atoms with Crippen molar-refractivity contribution in [1.29, 1.82) is 0 Å². The lowest BCUT2D eigenvalue weighted by Gasteiger charge is -2.42. The van der Waals surface area contributed by atoms with Crippen LogP contribution in [0.4, 0.5) is 0 Å². The van der Waals surface area contributed by atoms with Crippen LogP contribution < -0.4 is 0 Å². The fourth-order valence-corrected chi connectivity index (χ4v) is 6.62. The van der Waals surface area contributed by atoms with Crippen molar-refractivity contribution in [3.63, 3.8) is 0 Å². The average molecular weight is 495 g/mol. The molecule has 4 heterocycles. The highest BCUT2D eigenvalue weighted by Crippen LogP contribution is 2.50. The van der Waals surface area contributed by atoms with Gasteiger partial charge in [0.1, 0.15) is 18.1 Å². The molecule has 7 nitrogen and oxygen atoms in total. The third kappa shape index (κ3) is 4.70. The van der Waals surface area contributed by atoms with Crippen LogP contribution in [0.5, 0.6) is 0 Å². The number of hydrogen-bond acceptors (Lipinski definition) is 7. The number of rotatable bonds is 7. The normalized spacial score (nSPS) is 27.0. The first-order valence-corrected chi connectivity index (χ1v) is 13.0. The number of imide groups is 1. The first-order chi connectivity index (χ1) is 16.9. The van der Waals surface area contributed by atoms with Gasteiger partial charge in [0.2, 0.25) is 11.8 Å². The summed E-state index contributed by atoms with van der Waals surface area (Å²) in [5, 5.41) is 21.7. The largest absolute Gasteiger partial charge is 0.459 e. The van der Waals surface area contributed by atoms with Crippen molar-refractivity contribution in [2.75, 3.05) is 0 Å². The Morgan fingerprint density at radius 2 is 2.09 bits per heavy atom. The minimum absolute atomic E-state index is 0.0937. The minimum atomic E-state index is -0.962. The van der Waals surface area contributed by atoms with Crippen molar-refractivity contribution in [2.24, 2.45) is 17.8 Å². The Morgan fingerprint density at radius 1 is 1.26 bits per heavy atom. The zero-order chi connectivity index (χ0) is 24.7. The summed E-state index contributed by atoms with van der Waals surface area (Å²) in [7, 11) is -0.962. The fraction of sp³-hybridized carbons (Fsp3) is 0.462. The molecule has 3 aliphatic rings. The van der Waals surface area contributed by atoms with Crippen LogP contribution in [-0.4, -0.2) is 40.1 Å². The molecule has 184 valence electrons. The van der Waals surface area contributed by atoms with Gasteiger partial charge in [-0.25, -0.2) is 0 Å². The first kappa shape index (κ1) is 24.2. The van der Waals surface area contributed by atoms with Gasteiger partial charge < -0.3 is 19.2 Å². The molecule has 5 rings (SSSR count). The molecule has 4 atom stereocenters. The molecule has 0 aromatic carbocycles. The maximum absolute atomic E-state index is 13.5. The van der Waals surface area contributed by atoms with E-state index in [0.717, 1.165) is 28.0 Å². The number of fused-ring (bicyclic) bond motifs is 3. The Kier molecular flexibility index (Phi) is 6.85. The van der Waals surface area contributed by atoms with Gasteiger partial charge >= 0.3 is 7.12 Å². The Morgan fingerprint density at radius 3 is 2.80 bits per heavy atom. The summed E-state index contributed by atoms with van der Waals surface area (Å²) in [4.78, 5) is 29.1. The van der Waals surface area contributed by atoms with Gasteiger partial charge in [0.15, 0.2) is 0 Å². The van der Waals surface area contributed by atoms with Crippen molar-refractivity contribution in [3.8, 4) is 0 Å². The number of nitrogens with zero attached hydrogens (tertiary/aromatic N) is 1. The molecular weight excluding hydrogens is 465 g/mol. The van der Waals surface area contributed by atoms with Gasteiger partial charge in [-0.1, -0.05) is 17.2 Å². The van der Waals surface area contributed by atoms with Crippen molar-refractivity contribution in [2.45, 2.75) is 58.7 Å². The number of carbonyl (C=O) groups excluding carboxylic acids is 2. The number of carbonyl (C=O) groups is 2. The molecule has 2 aliphatic heterocycles. The van der Waals surface area contributed by atoms with Gasteiger partial charge in [0, 0.05) is 4.88 Å². The van der Waals surface area contributed by atoms with E-state index in [-0.39, 0.29) is 36.4 Å². The van der Waals surface area contributed by atoms with E-state index in [4.69, 9.17) is 9.07 Å². The second-order valence-corrected chi connectivity index (χ2v) is 10.9. The summed E-state index contributed by atoms with van der Waals surface area (Å²) >= 11 is 1.54. The lowest BCUT2D eigenvalue weighted by Crippen LogP contribution is -2.46. The van der Waals surface area contributed by atoms with Crippen LogP contribution in [0.1, 0.15) is 49.5 Å². The number of furan rings is 1. The van der Waals surface area contributed by atoms with E-state index in [1.165, 1.54) is 4.90 Å². The van der Waals surface area contributed by atoms with Crippen molar-refractivity contribution in [3.05, 3.63) is 62.8 Å². The molecule has 0 spiro atoms. The van der Waals surface area contributed by atoms with Crippen LogP contribution >= 0.6 is 11.3 Å². The van der Waals surface area contributed by atoms with E-state index < -0.39 is 13.0 Å². The molecule has 2 amide bonds. The van der Waals surface area contributed by atoms with Crippen LogP contribution in [0.25, 0.3) is 6.08 Å². The van der Waals surface area contributed by atoms with Crippen molar-refractivity contribution in [1.82, 2.24) is 4.90 Å². The Balaban J connectivity index is 1.34. The molecule has 0 saturated carbocycles. The number of hydrogen-bond donors (Lipinski definition) is 2. The standard InChI is InChI=1S/C26H30BNO6S/c1-15(10-17-6-7-18(14-29)33-17)5-8-22-23-16(2)11-20-24(21(23)12-27(32)34-22)26(31)28(25(20)30)13-19-4-3-9-35-19/h3-4,6-7,9-10,20-22,24,29,32H,5,8,11-14H2,1-2H3/b15-10+/t20-,21+,22-,24-/m1/s1. The molecule has 35 heavy (non-hydrogen) atoms. The lowest BCUT2D eigenvalue weighted by molar-refractivity contribution is -0.140. The van der Waals surface area contributed by atoms with Crippen LogP contribution in [0.15, 0.2) is 50.8 Å². The zero-order valence-corrected chi connectivity index (χ0v) is 20.8. The summed E-state index contributed by atoms with van der Waals surface area (Å²) in [6.07, 6.45) is 3.92. The second kappa shape index (κ2) is 9.89. The molecule has 0 unspecified atom stereocenters. The first-order valence-electron chi connectivity index (χ1n) is 12.1. The van der Waals surface area contributed by atoms with Crippen LogP contribution in [-0.2, 0) is 27.4 Å². The van der Waals surface area contributed by atoms with Gasteiger partial charge in [0.05, 0.1) is 24.5 Å². The summed E-state index contributed by atoms with van der Waals surface area (Å²) in [6, 6.07) is 7.44. The van der Waals surface area contributed by atoms with Gasteiger partial charge in [-0.05, 0) is 80.6 Å². The predicted octanol–water partition coefficient (Wildman–Crippen LogP) is 4.03. The monoisotopic (exact) mass is 495 g/mol. The van der Waals surface area contributed by atoms with Crippen LogP contribution in [0.2, 0.25) is 6.32 Å². The van der Waals surface area contributed by atoms with E-state index in [1.54, 1.807) is 17.4 Å². The van der Waals surface area contributed by atoms with Crippen molar-refractivity contribution >= 4 is 36.3 Å². The predicted molar refractivity (Wildman–Crippen MR) is 133 cm³/mol. The average Bonchev–Trinajstić information content (AvgIpc) is 3.55. The van der Waals surface area contributed by atoms with E-state index >= 15 is 0 Å². The molecule has 2 N–H and O–H groups in total. The highest BCUT2D eigenvalue weighted by molar-refractivity contribution is 7.09. The molecule has 0 radical (unpaired) electrons. The molecule has 2 fully saturated rings. The molecule has 2 saturated heterocycles. The summed E-state index contributed by atoms with van der Waals surface area (Å²) in [5.74, 6) is 0.0163. The zero-order valence-electron chi connectivity index (χ0n) is 20.0. The molecule has 9 heteroatoms. The highest BCUT2D eigenvalue weighted by Gasteiger charge is 2.56. The number of amides is 2. The van der Waals surface area contributed by atoms with E-state index in [2.05, 4.69) is 0 Å². The van der Waals surface area contributed by atoms with Crippen molar-refractivity contribution < 1.29 is 28.8 Å². The minimum Gasteiger partial charge on any atom is -0.459 e. The Labute approximate surface area is 209 Å². The quantitative estimate of drug-likeness (QED) is 0.342. The van der Waals surface area contributed by atoms with Gasteiger partial charge in [-0.2, -0.15) is 0 Å². The Hall–Kier alpha value is -2.46. The Bertz CT molecular complexity index is 1170. The van der Waals surface area contributed by atoms with E-state index in [1.807, 2.05) is 43.5 Å². The molecule has 0 bridgehead atoms. The molecular formula is C26H30BNO6S. The van der Waals surface area contributed by atoms with Gasteiger partial charge in [0.25, 0.3) is 0 Å². The lowest BCUT2D eigenvalue weighted by atomic mass is 9.59. The topological polar surface area (TPSA) is 100 Å². The number of likely N-dealkylation sites (tertiary alicyclic amines) is 1. The summed E-state index contributed by atoms with van der Waals surface area (Å²) < 4.78 is 11.5.